The maximum atomic E-state index is 5.72. The van der Waals surface area contributed by atoms with Gasteiger partial charge in [-0.2, -0.15) is 0 Å². The number of rotatable bonds is 4. The Morgan fingerprint density at radius 2 is 1.16 bits per heavy atom. The third kappa shape index (κ3) is 3.36. The van der Waals surface area contributed by atoms with E-state index in [4.69, 9.17) is 12.2 Å². The van der Waals surface area contributed by atoms with Crippen LogP contribution in [0.4, 0.5) is 5.69 Å². The summed E-state index contributed by atoms with van der Waals surface area (Å²) in [5, 5.41) is 7.95. The molecule has 2 N–H and O–H groups in total. The molecular formula is C28H38N2S. The lowest BCUT2D eigenvalue weighted by atomic mass is 9.48. The van der Waals surface area contributed by atoms with Crippen LogP contribution in [0, 0.1) is 40.9 Å². The van der Waals surface area contributed by atoms with Gasteiger partial charge in [0.15, 0.2) is 5.11 Å². The first-order valence-corrected chi connectivity index (χ1v) is 13.6. The Hall–Kier alpha value is -1.09. The minimum absolute atomic E-state index is 0.491. The van der Waals surface area contributed by atoms with Gasteiger partial charge in [-0.25, -0.2) is 0 Å². The van der Waals surface area contributed by atoms with E-state index in [1.807, 2.05) is 0 Å². The van der Waals surface area contributed by atoms with Crippen molar-refractivity contribution in [3.63, 3.8) is 0 Å². The summed E-state index contributed by atoms with van der Waals surface area (Å²) in [6, 6.07) is 9.40. The quantitative estimate of drug-likeness (QED) is 0.518. The molecule has 0 unspecified atom stereocenters. The molecule has 0 aromatic heterocycles. The predicted octanol–water partition coefficient (Wildman–Crippen LogP) is 6.66. The normalized spacial score (nSPS) is 46.3. The van der Waals surface area contributed by atoms with E-state index < -0.39 is 0 Å². The zero-order valence-electron chi connectivity index (χ0n) is 18.9. The average Bonchev–Trinajstić information content (AvgIpc) is 2.71. The van der Waals surface area contributed by atoms with Gasteiger partial charge in [-0.1, -0.05) is 12.1 Å². The standard InChI is InChI=1S/C28H38N2S/c31-26(29-17-27-11-18-5-19(12-27)7-20(6-18)13-27)30-25-3-1-24(2-4-25)28-14-21-8-22(15-28)10-23(9-21)16-28/h1-4,18-23H,5-17H2,(H2,29,30,31). The molecular weight excluding hydrogens is 396 g/mol. The fourth-order valence-electron chi connectivity index (χ4n) is 10.3. The molecule has 8 bridgehead atoms. The third-order valence-corrected chi connectivity index (χ3v) is 10.8. The van der Waals surface area contributed by atoms with Gasteiger partial charge in [-0.3, -0.25) is 0 Å². The summed E-state index contributed by atoms with van der Waals surface area (Å²) in [7, 11) is 0. The first-order valence-electron chi connectivity index (χ1n) is 13.2. The molecule has 2 nitrogen and oxygen atoms in total. The van der Waals surface area contributed by atoms with E-state index in [1.165, 1.54) is 77.0 Å². The molecule has 1 aromatic carbocycles. The third-order valence-electron chi connectivity index (χ3n) is 10.6. The molecule has 0 spiro atoms. The SMILES string of the molecule is S=C(NCC12CC3CC(CC(C3)C1)C2)Nc1ccc(C23CC4CC(CC(C4)C2)C3)cc1. The van der Waals surface area contributed by atoms with Crippen LogP contribution in [0.5, 0.6) is 0 Å². The molecule has 8 aliphatic carbocycles. The molecule has 1 aromatic rings. The summed E-state index contributed by atoms with van der Waals surface area (Å²) in [6.07, 6.45) is 17.7. The van der Waals surface area contributed by atoms with E-state index in [1.54, 1.807) is 5.56 Å². The number of benzene rings is 1. The molecule has 0 saturated heterocycles. The molecule has 9 rings (SSSR count). The van der Waals surface area contributed by atoms with Crippen LogP contribution in [0.15, 0.2) is 24.3 Å². The van der Waals surface area contributed by atoms with Crippen LogP contribution in [0.25, 0.3) is 0 Å². The fraction of sp³-hybridized carbons (Fsp3) is 0.750. The summed E-state index contributed by atoms with van der Waals surface area (Å²) in [6.45, 7) is 1.08. The maximum Gasteiger partial charge on any atom is 0.170 e. The van der Waals surface area contributed by atoms with Gasteiger partial charge in [0.05, 0.1) is 0 Å². The van der Waals surface area contributed by atoms with E-state index in [0.717, 1.165) is 52.9 Å². The molecule has 0 radical (unpaired) electrons. The summed E-state index contributed by atoms with van der Waals surface area (Å²) in [5.41, 5.74) is 3.77. The molecule has 31 heavy (non-hydrogen) atoms. The molecule has 0 heterocycles. The second-order valence-corrected chi connectivity index (χ2v) is 13.4. The molecule has 8 fully saturated rings. The van der Waals surface area contributed by atoms with Crippen LogP contribution in [-0.2, 0) is 5.41 Å². The van der Waals surface area contributed by atoms with Crippen LogP contribution in [-0.4, -0.2) is 11.7 Å². The second kappa shape index (κ2) is 6.95. The highest BCUT2D eigenvalue weighted by atomic mass is 32.1. The van der Waals surface area contributed by atoms with Crippen LogP contribution in [0.1, 0.15) is 82.6 Å². The second-order valence-electron chi connectivity index (χ2n) is 13.0. The molecule has 0 atom stereocenters. The molecule has 8 aliphatic rings. The van der Waals surface area contributed by atoms with Gasteiger partial charge >= 0.3 is 0 Å². The minimum atomic E-state index is 0.491. The Morgan fingerprint density at radius 1 is 0.710 bits per heavy atom. The van der Waals surface area contributed by atoms with Gasteiger partial charge in [0.2, 0.25) is 0 Å². The van der Waals surface area contributed by atoms with Crippen LogP contribution >= 0.6 is 12.2 Å². The van der Waals surface area contributed by atoms with Gasteiger partial charge in [-0.15, -0.1) is 0 Å². The van der Waals surface area contributed by atoms with E-state index in [9.17, 15) is 0 Å². The lowest BCUT2D eigenvalue weighted by molar-refractivity contribution is -0.0490. The summed E-state index contributed by atoms with van der Waals surface area (Å²) >= 11 is 5.72. The number of nitrogens with one attached hydrogen (secondary N) is 2. The zero-order chi connectivity index (χ0) is 20.6. The summed E-state index contributed by atoms with van der Waals surface area (Å²) < 4.78 is 0. The highest BCUT2D eigenvalue weighted by Gasteiger charge is 2.52. The van der Waals surface area contributed by atoms with Gasteiger partial charge < -0.3 is 10.6 Å². The minimum Gasteiger partial charge on any atom is -0.362 e. The lowest BCUT2D eigenvalue weighted by Crippen LogP contribution is -2.51. The first kappa shape index (κ1) is 19.4. The Kier molecular flexibility index (Phi) is 4.35. The van der Waals surface area contributed by atoms with E-state index in [-0.39, 0.29) is 0 Å². The lowest BCUT2D eigenvalue weighted by Gasteiger charge is -2.57. The van der Waals surface area contributed by atoms with Crippen molar-refractivity contribution >= 4 is 23.0 Å². The predicted molar refractivity (Wildman–Crippen MR) is 131 cm³/mol. The summed E-state index contributed by atoms with van der Waals surface area (Å²) in [4.78, 5) is 0. The van der Waals surface area contributed by atoms with Crippen LogP contribution < -0.4 is 10.6 Å². The monoisotopic (exact) mass is 434 g/mol. The Balaban J connectivity index is 0.988. The number of hydrogen-bond acceptors (Lipinski definition) is 1. The number of thiocarbonyl (C=S) groups is 1. The van der Waals surface area contributed by atoms with Gasteiger partial charge in [0.1, 0.15) is 0 Å². The van der Waals surface area contributed by atoms with Crippen molar-refractivity contribution in [2.45, 2.75) is 82.5 Å². The van der Waals surface area contributed by atoms with E-state index >= 15 is 0 Å². The summed E-state index contributed by atoms with van der Waals surface area (Å²) in [5.74, 6) is 6.03. The van der Waals surface area contributed by atoms with Crippen LogP contribution in [0.2, 0.25) is 0 Å². The number of anilines is 1. The smallest absolute Gasteiger partial charge is 0.170 e. The Labute approximate surface area is 193 Å². The average molecular weight is 435 g/mol. The highest BCUT2D eigenvalue weighted by Crippen LogP contribution is 2.61. The zero-order valence-corrected chi connectivity index (χ0v) is 19.7. The van der Waals surface area contributed by atoms with E-state index in [0.29, 0.717) is 10.8 Å². The van der Waals surface area contributed by atoms with Crippen molar-refractivity contribution in [3.8, 4) is 0 Å². The van der Waals surface area contributed by atoms with E-state index in [2.05, 4.69) is 34.9 Å². The highest BCUT2D eigenvalue weighted by molar-refractivity contribution is 7.80. The number of hydrogen-bond donors (Lipinski definition) is 2. The molecule has 3 heteroatoms. The van der Waals surface area contributed by atoms with Gasteiger partial charge in [-0.05, 0) is 153 Å². The fourth-order valence-corrected chi connectivity index (χ4v) is 10.5. The van der Waals surface area contributed by atoms with Gasteiger partial charge in [0, 0.05) is 12.2 Å². The first-order chi connectivity index (χ1) is 15.0. The molecule has 166 valence electrons. The molecule has 8 saturated carbocycles. The van der Waals surface area contributed by atoms with Crippen molar-refractivity contribution in [3.05, 3.63) is 29.8 Å². The molecule has 0 amide bonds. The Morgan fingerprint density at radius 3 is 1.65 bits per heavy atom. The van der Waals surface area contributed by atoms with Crippen molar-refractivity contribution in [2.75, 3.05) is 11.9 Å². The molecule has 0 aliphatic heterocycles. The van der Waals surface area contributed by atoms with Crippen LogP contribution in [0.3, 0.4) is 0 Å². The Bertz CT molecular complexity index is 801. The topological polar surface area (TPSA) is 24.1 Å². The van der Waals surface area contributed by atoms with Crippen molar-refractivity contribution in [1.29, 1.82) is 0 Å². The largest absolute Gasteiger partial charge is 0.362 e. The van der Waals surface area contributed by atoms with Crippen molar-refractivity contribution < 1.29 is 0 Å². The van der Waals surface area contributed by atoms with Crippen molar-refractivity contribution in [1.82, 2.24) is 5.32 Å². The van der Waals surface area contributed by atoms with Crippen molar-refractivity contribution in [2.24, 2.45) is 40.9 Å². The van der Waals surface area contributed by atoms with Gasteiger partial charge in [0.25, 0.3) is 0 Å². The maximum absolute atomic E-state index is 5.72.